The van der Waals surface area contributed by atoms with E-state index in [-0.39, 0.29) is 25.2 Å². The van der Waals surface area contributed by atoms with E-state index in [0.29, 0.717) is 0 Å². The van der Waals surface area contributed by atoms with Crippen molar-refractivity contribution < 1.29 is 29.2 Å². The fraction of sp³-hybridized carbons (Fsp3) is 0.417. The van der Waals surface area contributed by atoms with Crippen LogP contribution in [-0.4, -0.2) is 41.2 Å². The third-order valence-electron chi connectivity index (χ3n) is 2.83. The Morgan fingerprint density at radius 2 is 1.91 bits per heavy atom. The molecule has 1 aromatic carbocycles. The van der Waals surface area contributed by atoms with Gasteiger partial charge in [-0.2, -0.15) is 0 Å². The van der Waals surface area contributed by atoms with E-state index in [2.05, 4.69) is 0 Å². The lowest BCUT2D eigenvalue weighted by molar-refractivity contribution is -0.396. The van der Waals surface area contributed by atoms with Crippen LogP contribution in [0.1, 0.15) is 22.8 Å². The number of rotatable bonds is 8. The van der Waals surface area contributed by atoms with Crippen LogP contribution in [0.4, 0.5) is 11.4 Å². The molecule has 0 saturated heterocycles. The van der Waals surface area contributed by atoms with Crippen LogP contribution in [0.2, 0.25) is 0 Å². The summed E-state index contributed by atoms with van der Waals surface area (Å²) in [6, 6.07) is 0.774. The van der Waals surface area contributed by atoms with E-state index in [9.17, 15) is 25.0 Å². The summed E-state index contributed by atoms with van der Waals surface area (Å²) in [7, 11) is 1.38. The van der Waals surface area contributed by atoms with Crippen LogP contribution in [-0.2, 0) is 11.2 Å². The van der Waals surface area contributed by atoms with E-state index < -0.39 is 38.5 Å². The summed E-state index contributed by atoms with van der Waals surface area (Å²) in [6.45, 7) is 1.45. The number of nitro groups is 2. The summed E-state index contributed by atoms with van der Waals surface area (Å²) in [5.41, 5.74) is -2.14. The van der Waals surface area contributed by atoms with Crippen LogP contribution in [0.25, 0.3) is 0 Å². The highest BCUT2D eigenvalue weighted by Gasteiger charge is 2.34. The van der Waals surface area contributed by atoms with E-state index in [1.54, 1.807) is 0 Å². The Hall–Kier alpha value is -2.75. The van der Waals surface area contributed by atoms with Crippen molar-refractivity contribution in [2.24, 2.45) is 0 Å². The Labute approximate surface area is 124 Å². The number of aromatic carboxylic acids is 1. The van der Waals surface area contributed by atoms with Crippen molar-refractivity contribution in [1.82, 2.24) is 0 Å². The topological polar surface area (TPSA) is 142 Å². The van der Waals surface area contributed by atoms with Crippen molar-refractivity contribution in [3.8, 4) is 5.75 Å². The van der Waals surface area contributed by atoms with Crippen molar-refractivity contribution in [1.29, 1.82) is 0 Å². The fourth-order valence-corrected chi connectivity index (χ4v) is 1.91. The van der Waals surface area contributed by atoms with Gasteiger partial charge in [0.15, 0.2) is 0 Å². The molecule has 0 spiro atoms. The van der Waals surface area contributed by atoms with Crippen LogP contribution in [0.15, 0.2) is 6.07 Å². The number of hydrogen-bond donors (Lipinski definition) is 1. The highest BCUT2D eigenvalue weighted by Crippen LogP contribution is 2.40. The molecule has 0 heterocycles. The maximum atomic E-state index is 11.3. The van der Waals surface area contributed by atoms with Crippen molar-refractivity contribution in [2.75, 3.05) is 20.3 Å². The van der Waals surface area contributed by atoms with Crippen LogP contribution in [0, 0.1) is 20.2 Å². The van der Waals surface area contributed by atoms with Gasteiger partial charge in [0.2, 0.25) is 5.75 Å². The smallest absolute Gasteiger partial charge is 0.340 e. The standard InChI is InChI=1S/C12H14N2O8/c1-3-7-9(13(17)18)6-8(12(15)16)11(10(7)14(19)20)22-5-4-21-2/h6H,3-5H2,1-2H3,(H,15,16). The minimum Gasteiger partial charge on any atom is -0.484 e. The third kappa shape index (κ3) is 3.47. The second-order valence-corrected chi connectivity index (χ2v) is 4.11. The first-order chi connectivity index (χ1) is 10.3. The van der Waals surface area contributed by atoms with Gasteiger partial charge >= 0.3 is 11.7 Å². The average molecular weight is 314 g/mol. The summed E-state index contributed by atoms with van der Waals surface area (Å²) in [5.74, 6) is -2.06. The maximum absolute atomic E-state index is 11.3. The Morgan fingerprint density at radius 1 is 1.27 bits per heavy atom. The monoisotopic (exact) mass is 314 g/mol. The predicted molar refractivity (Wildman–Crippen MR) is 73.5 cm³/mol. The number of methoxy groups -OCH3 is 1. The van der Waals surface area contributed by atoms with Gasteiger partial charge in [-0.3, -0.25) is 20.2 Å². The zero-order chi connectivity index (χ0) is 16.9. The largest absolute Gasteiger partial charge is 0.484 e. The molecule has 0 unspecified atom stereocenters. The first-order valence-electron chi connectivity index (χ1n) is 6.18. The lowest BCUT2D eigenvalue weighted by Gasteiger charge is -2.12. The summed E-state index contributed by atoms with van der Waals surface area (Å²) in [5, 5.41) is 31.4. The molecular formula is C12H14N2O8. The number of ether oxygens (including phenoxy) is 2. The molecule has 10 heteroatoms. The molecule has 22 heavy (non-hydrogen) atoms. The van der Waals surface area contributed by atoms with Crippen molar-refractivity contribution >= 4 is 17.3 Å². The number of benzene rings is 1. The molecular weight excluding hydrogens is 300 g/mol. The second-order valence-electron chi connectivity index (χ2n) is 4.11. The first-order valence-corrected chi connectivity index (χ1v) is 6.18. The van der Waals surface area contributed by atoms with Gasteiger partial charge in [-0.1, -0.05) is 6.92 Å². The van der Waals surface area contributed by atoms with Crippen LogP contribution in [0.3, 0.4) is 0 Å². The molecule has 0 aromatic heterocycles. The van der Waals surface area contributed by atoms with E-state index in [1.165, 1.54) is 14.0 Å². The van der Waals surface area contributed by atoms with Crippen LogP contribution in [0.5, 0.6) is 5.75 Å². The number of nitro benzene ring substituents is 2. The molecule has 10 nitrogen and oxygen atoms in total. The molecule has 0 radical (unpaired) electrons. The van der Waals surface area contributed by atoms with Gasteiger partial charge in [-0.15, -0.1) is 0 Å². The minimum atomic E-state index is -1.55. The number of carboxylic acid groups (broad SMARTS) is 1. The SMILES string of the molecule is CCc1c([N+](=O)[O-])cc(C(=O)O)c(OCCOC)c1[N+](=O)[O-]. The lowest BCUT2D eigenvalue weighted by atomic mass is 10.0. The average Bonchev–Trinajstić information content (AvgIpc) is 2.45. The summed E-state index contributed by atoms with van der Waals surface area (Å²) < 4.78 is 9.87. The molecule has 0 atom stereocenters. The van der Waals surface area contributed by atoms with E-state index in [0.717, 1.165) is 6.07 Å². The first kappa shape index (κ1) is 17.3. The number of carbonyl (C=O) groups is 1. The minimum absolute atomic E-state index is 0.0207. The molecule has 1 N–H and O–H groups in total. The van der Waals surface area contributed by atoms with Crippen molar-refractivity contribution in [3.05, 3.63) is 37.4 Å². The Morgan fingerprint density at radius 3 is 2.32 bits per heavy atom. The van der Waals surface area contributed by atoms with Crippen molar-refractivity contribution in [3.63, 3.8) is 0 Å². The fourth-order valence-electron chi connectivity index (χ4n) is 1.91. The molecule has 1 rings (SSSR count). The summed E-state index contributed by atoms with van der Waals surface area (Å²) >= 11 is 0. The van der Waals surface area contributed by atoms with Gasteiger partial charge in [0.1, 0.15) is 17.7 Å². The second kappa shape index (κ2) is 7.31. The van der Waals surface area contributed by atoms with Gasteiger partial charge in [0, 0.05) is 13.2 Å². The Kier molecular flexibility index (Phi) is 5.75. The van der Waals surface area contributed by atoms with Crippen molar-refractivity contribution in [2.45, 2.75) is 13.3 Å². The molecule has 0 amide bonds. The molecule has 0 aliphatic heterocycles. The number of carboxylic acids is 1. The van der Waals surface area contributed by atoms with Gasteiger partial charge in [-0.05, 0) is 6.42 Å². The van der Waals surface area contributed by atoms with Gasteiger partial charge in [0.05, 0.1) is 16.5 Å². The zero-order valence-corrected chi connectivity index (χ0v) is 11.9. The van der Waals surface area contributed by atoms with E-state index in [4.69, 9.17) is 14.6 Å². The quantitative estimate of drug-likeness (QED) is 0.434. The Bertz CT molecular complexity index is 614. The number of nitrogens with zero attached hydrogens (tertiary/aromatic N) is 2. The molecule has 0 aliphatic rings. The molecule has 1 aromatic rings. The predicted octanol–water partition coefficient (Wildman–Crippen LogP) is 1.79. The lowest BCUT2D eigenvalue weighted by Crippen LogP contribution is -2.13. The van der Waals surface area contributed by atoms with Gasteiger partial charge in [-0.25, -0.2) is 4.79 Å². The van der Waals surface area contributed by atoms with E-state index >= 15 is 0 Å². The van der Waals surface area contributed by atoms with Gasteiger partial charge in [0.25, 0.3) is 5.69 Å². The number of hydrogen-bond acceptors (Lipinski definition) is 7. The summed E-state index contributed by atoms with van der Waals surface area (Å²) in [4.78, 5) is 31.8. The molecule has 0 bridgehead atoms. The van der Waals surface area contributed by atoms with E-state index in [1.807, 2.05) is 0 Å². The maximum Gasteiger partial charge on any atom is 0.340 e. The summed E-state index contributed by atoms with van der Waals surface area (Å²) in [6.07, 6.45) is -0.0207. The highest BCUT2D eigenvalue weighted by atomic mass is 16.6. The van der Waals surface area contributed by atoms with Crippen LogP contribution < -0.4 is 4.74 Å². The highest BCUT2D eigenvalue weighted by molar-refractivity contribution is 5.94. The zero-order valence-electron chi connectivity index (χ0n) is 11.9. The molecule has 120 valence electrons. The van der Waals surface area contributed by atoms with Gasteiger partial charge < -0.3 is 14.6 Å². The molecule has 0 aliphatic carbocycles. The molecule has 0 fully saturated rings. The third-order valence-corrected chi connectivity index (χ3v) is 2.83. The Balaban J connectivity index is 3.65. The van der Waals surface area contributed by atoms with Crippen LogP contribution >= 0.6 is 0 Å². The molecule has 0 saturated carbocycles. The normalized spacial score (nSPS) is 10.3.